The van der Waals surface area contributed by atoms with Gasteiger partial charge in [0.2, 0.25) is 0 Å². The van der Waals surface area contributed by atoms with Gasteiger partial charge in [-0.1, -0.05) is 152 Å². The van der Waals surface area contributed by atoms with E-state index in [0.717, 1.165) is 0 Å². The fourth-order valence-corrected chi connectivity index (χ4v) is 9.20. The first-order valence-corrected chi connectivity index (χ1v) is 19.7. The molecule has 0 aliphatic rings. The van der Waals surface area contributed by atoms with Crippen LogP contribution >= 0.6 is 0 Å². The van der Waals surface area contributed by atoms with E-state index in [1.807, 2.05) is 0 Å². The van der Waals surface area contributed by atoms with E-state index in [4.69, 9.17) is 0 Å². The summed E-state index contributed by atoms with van der Waals surface area (Å²) in [7, 11) is 0. The summed E-state index contributed by atoms with van der Waals surface area (Å²) in [6.45, 7) is 0. The Hall–Kier alpha value is -7.48. The number of rotatable bonds is 5. The van der Waals surface area contributed by atoms with Crippen molar-refractivity contribution < 1.29 is 0 Å². The molecule has 12 rings (SSSR count). The first kappa shape index (κ1) is 31.8. The normalized spacial score (nSPS) is 11.9. The zero-order chi connectivity index (χ0) is 37.5. The lowest BCUT2D eigenvalue weighted by Gasteiger charge is -2.10. The highest BCUT2D eigenvalue weighted by molar-refractivity contribution is 6.25. The van der Waals surface area contributed by atoms with Gasteiger partial charge in [-0.3, -0.25) is 0 Å². The lowest BCUT2D eigenvalue weighted by atomic mass is 9.94. The average molecular weight is 722 g/mol. The monoisotopic (exact) mass is 721 g/mol. The van der Waals surface area contributed by atoms with E-state index < -0.39 is 0 Å². The van der Waals surface area contributed by atoms with Crippen molar-refractivity contribution >= 4 is 59.6 Å². The minimum atomic E-state index is 1.21. The minimum absolute atomic E-state index is 1.21. The molecule has 0 bridgehead atoms. The number of hydrogen-bond acceptors (Lipinski definition) is 0. The van der Waals surface area contributed by atoms with Gasteiger partial charge in [0.05, 0.1) is 16.6 Å². The molecule has 264 valence electrons. The quantitative estimate of drug-likeness (QED) is 0.167. The maximum absolute atomic E-state index is 2.50. The Morgan fingerprint density at radius 3 is 1.11 bits per heavy atom. The van der Waals surface area contributed by atoms with Gasteiger partial charge in [0.25, 0.3) is 0 Å². The summed E-state index contributed by atoms with van der Waals surface area (Å²) in [6, 6.07) is 78.4. The summed E-state index contributed by atoms with van der Waals surface area (Å²) in [6.07, 6.45) is 0. The second kappa shape index (κ2) is 12.5. The summed E-state index contributed by atoms with van der Waals surface area (Å²) < 4.78 is 2.50. The number of aromatic nitrogens is 1. The lowest BCUT2D eigenvalue weighted by molar-refractivity contribution is 1.37. The van der Waals surface area contributed by atoms with Crippen molar-refractivity contribution in [3.63, 3.8) is 0 Å². The zero-order valence-corrected chi connectivity index (χ0v) is 31.2. The second-order valence-electron chi connectivity index (χ2n) is 15.4. The Morgan fingerprint density at radius 2 is 0.579 bits per heavy atom. The van der Waals surface area contributed by atoms with E-state index in [1.54, 1.807) is 0 Å². The molecule has 0 aliphatic heterocycles. The first-order chi connectivity index (χ1) is 28.2. The zero-order valence-electron chi connectivity index (χ0n) is 31.2. The van der Waals surface area contributed by atoms with Crippen molar-refractivity contribution in [1.82, 2.24) is 4.40 Å². The van der Waals surface area contributed by atoms with Gasteiger partial charge in [0, 0.05) is 21.5 Å². The molecule has 2 aromatic heterocycles. The molecule has 2 heterocycles. The fourth-order valence-electron chi connectivity index (χ4n) is 9.20. The van der Waals surface area contributed by atoms with Gasteiger partial charge in [-0.05, 0) is 138 Å². The average Bonchev–Trinajstić information content (AvgIpc) is 3.80. The molecule has 0 saturated carbocycles. The van der Waals surface area contributed by atoms with Crippen LogP contribution in [0.3, 0.4) is 0 Å². The maximum atomic E-state index is 2.50. The largest absolute Gasteiger partial charge is 0.308 e. The van der Waals surface area contributed by atoms with Gasteiger partial charge in [-0.15, -0.1) is 0 Å². The molecule has 10 aromatic carbocycles. The third-order valence-electron chi connectivity index (χ3n) is 12.1. The van der Waals surface area contributed by atoms with Crippen LogP contribution in [0.5, 0.6) is 0 Å². The van der Waals surface area contributed by atoms with Gasteiger partial charge >= 0.3 is 0 Å². The number of fused-ring (bicyclic) bond motifs is 8. The summed E-state index contributed by atoms with van der Waals surface area (Å²) in [5, 5.41) is 10.1. The minimum Gasteiger partial charge on any atom is -0.308 e. The van der Waals surface area contributed by atoms with Gasteiger partial charge in [-0.2, -0.15) is 0 Å². The third kappa shape index (κ3) is 5.17. The predicted molar refractivity (Wildman–Crippen MR) is 243 cm³/mol. The molecule has 0 amide bonds. The van der Waals surface area contributed by atoms with Gasteiger partial charge in [0.15, 0.2) is 0 Å². The van der Waals surface area contributed by atoms with Crippen LogP contribution in [0.2, 0.25) is 0 Å². The van der Waals surface area contributed by atoms with E-state index in [0.29, 0.717) is 0 Å². The summed E-state index contributed by atoms with van der Waals surface area (Å²) >= 11 is 0. The Kier molecular flexibility index (Phi) is 7.00. The molecular formula is C56H35N. The third-order valence-corrected chi connectivity index (χ3v) is 12.1. The van der Waals surface area contributed by atoms with Crippen molar-refractivity contribution in [2.24, 2.45) is 0 Å². The van der Waals surface area contributed by atoms with Gasteiger partial charge in [-0.25, -0.2) is 0 Å². The first-order valence-electron chi connectivity index (χ1n) is 19.7. The lowest BCUT2D eigenvalue weighted by Crippen LogP contribution is -1.85. The Bertz CT molecular complexity index is 3510. The summed E-state index contributed by atoms with van der Waals surface area (Å²) in [5.74, 6) is 0. The second-order valence-corrected chi connectivity index (χ2v) is 15.4. The standard InChI is InChI=1S/C56H35N/c1-2-10-36(11-3-1)41-16-8-17-42(28-41)43-18-9-19-44(31-43)47-24-26-54-50(32-47)52-34-49(46-23-21-38-13-5-7-15-40(38)30-46)35-53-51-33-48(25-27-55(51)57(54)56(52)53)45-22-20-37-12-4-6-14-39(37)29-45/h1-35H. The SMILES string of the molecule is c1ccc(-c2cccc(-c3cccc(-c4ccc5c(c4)c4cc(-c6ccc7ccccc7c6)cc6c7cc(-c8ccc9ccccc9c8)ccc7n5c46)c3)c2)cc1. The molecule has 57 heavy (non-hydrogen) atoms. The molecule has 1 heteroatoms. The molecule has 0 fully saturated rings. The van der Waals surface area contributed by atoms with Crippen molar-refractivity contribution in [1.29, 1.82) is 0 Å². The molecule has 0 radical (unpaired) electrons. The van der Waals surface area contributed by atoms with E-state index in [-0.39, 0.29) is 0 Å². The van der Waals surface area contributed by atoms with Crippen LogP contribution in [-0.4, -0.2) is 4.40 Å². The van der Waals surface area contributed by atoms with Gasteiger partial charge in [0.1, 0.15) is 0 Å². The molecule has 0 N–H and O–H groups in total. The molecule has 1 nitrogen and oxygen atoms in total. The highest BCUT2D eigenvalue weighted by Gasteiger charge is 2.20. The summed E-state index contributed by atoms with van der Waals surface area (Å²) in [5.41, 5.74) is 16.0. The molecule has 0 atom stereocenters. The number of benzene rings is 10. The molecule has 0 spiro atoms. The van der Waals surface area contributed by atoms with Crippen LogP contribution in [0.4, 0.5) is 0 Å². The van der Waals surface area contributed by atoms with Crippen LogP contribution in [-0.2, 0) is 0 Å². The van der Waals surface area contributed by atoms with Crippen molar-refractivity contribution in [2.75, 3.05) is 0 Å². The van der Waals surface area contributed by atoms with E-state index in [1.165, 1.54) is 115 Å². The molecular weight excluding hydrogens is 687 g/mol. The number of nitrogens with zero attached hydrogens (tertiary/aromatic N) is 1. The topological polar surface area (TPSA) is 4.41 Å². The van der Waals surface area contributed by atoms with Crippen LogP contribution in [0.15, 0.2) is 212 Å². The van der Waals surface area contributed by atoms with Crippen molar-refractivity contribution in [2.45, 2.75) is 0 Å². The fraction of sp³-hybridized carbons (Fsp3) is 0. The molecule has 12 aromatic rings. The van der Waals surface area contributed by atoms with Crippen LogP contribution in [0.1, 0.15) is 0 Å². The summed E-state index contributed by atoms with van der Waals surface area (Å²) in [4.78, 5) is 0. The smallest absolute Gasteiger partial charge is 0.0620 e. The van der Waals surface area contributed by atoms with E-state index in [9.17, 15) is 0 Å². The highest BCUT2D eigenvalue weighted by Crippen LogP contribution is 2.44. The molecule has 0 aliphatic carbocycles. The number of hydrogen-bond donors (Lipinski definition) is 0. The van der Waals surface area contributed by atoms with Crippen LogP contribution < -0.4 is 0 Å². The molecule has 0 saturated heterocycles. The Balaban J connectivity index is 1.05. The van der Waals surface area contributed by atoms with E-state index >= 15 is 0 Å². The van der Waals surface area contributed by atoms with Crippen molar-refractivity contribution in [3.05, 3.63) is 212 Å². The highest BCUT2D eigenvalue weighted by atomic mass is 14.9. The maximum Gasteiger partial charge on any atom is 0.0620 e. The van der Waals surface area contributed by atoms with Crippen LogP contribution in [0.25, 0.3) is 115 Å². The van der Waals surface area contributed by atoms with E-state index in [2.05, 4.69) is 217 Å². The van der Waals surface area contributed by atoms with Gasteiger partial charge < -0.3 is 4.40 Å². The van der Waals surface area contributed by atoms with Crippen molar-refractivity contribution in [3.8, 4) is 55.6 Å². The Labute approximate surface area is 330 Å². The Morgan fingerprint density at radius 1 is 0.211 bits per heavy atom. The predicted octanol–water partition coefficient (Wildman–Crippen LogP) is 15.5. The molecule has 0 unspecified atom stereocenters. The van der Waals surface area contributed by atoms with Crippen LogP contribution in [0, 0.1) is 0 Å².